The lowest BCUT2D eigenvalue weighted by Crippen LogP contribution is -2.57. The van der Waals surface area contributed by atoms with E-state index in [-0.39, 0.29) is 30.0 Å². The molecule has 0 radical (unpaired) electrons. The summed E-state index contributed by atoms with van der Waals surface area (Å²) < 4.78 is 5.36. The summed E-state index contributed by atoms with van der Waals surface area (Å²) in [6.07, 6.45) is 3.78. The number of hydrogen-bond donors (Lipinski definition) is 3. The van der Waals surface area contributed by atoms with Crippen LogP contribution < -0.4 is 16.4 Å². The molecule has 1 aliphatic heterocycles. The van der Waals surface area contributed by atoms with Gasteiger partial charge in [0.15, 0.2) is 5.78 Å². The second-order valence-corrected chi connectivity index (χ2v) is 11.6. The van der Waals surface area contributed by atoms with E-state index in [0.717, 1.165) is 49.9 Å². The first-order valence-corrected chi connectivity index (χ1v) is 14.3. The van der Waals surface area contributed by atoms with Crippen molar-refractivity contribution < 1.29 is 19.1 Å². The highest BCUT2D eigenvalue weighted by Crippen LogP contribution is 2.57. The second kappa shape index (κ2) is 12.4. The van der Waals surface area contributed by atoms with Gasteiger partial charge in [0.25, 0.3) is 0 Å². The zero-order valence-corrected chi connectivity index (χ0v) is 23.5. The Morgan fingerprint density at radius 1 is 1.08 bits per heavy atom. The highest BCUT2D eigenvalue weighted by molar-refractivity contribution is 5.95. The fraction of sp³-hybridized carbons (Fsp3) is 0.531. The molecule has 7 nitrogen and oxygen atoms in total. The molecule has 7 heteroatoms. The number of fused-ring (bicyclic) bond motifs is 2. The SMILES string of the molecule is CCOC(=O)C[C@H]1c2ccccc2C2(CCNCC2)[C@@H]1C(=O)[C@@H](CCCc1ccccc1)NC(=O)C(C)(C)N. The average molecular weight is 534 g/mol. The Morgan fingerprint density at radius 3 is 2.41 bits per heavy atom. The zero-order chi connectivity index (χ0) is 28.0. The van der Waals surface area contributed by atoms with Gasteiger partial charge in [-0.15, -0.1) is 0 Å². The molecular weight excluding hydrogens is 490 g/mol. The molecule has 1 saturated heterocycles. The molecule has 39 heavy (non-hydrogen) atoms. The van der Waals surface area contributed by atoms with Crippen LogP contribution in [0.1, 0.15) is 75.5 Å². The Hall–Kier alpha value is -3.03. The van der Waals surface area contributed by atoms with E-state index in [2.05, 4.69) is 34.9 Å². The van der Waals surface area contributed by atoms with Crippen LogP contribution in [0.25, 0.3) is 0 Å². The number of carbonyl (C=O) groups is 3. The van der Waals surface area contributed by atoms with E-state index in [4.69, 9.17) is 10.5 Å². The highest BCUT2D eigenvalue weighted by atomic mass is 16.5. The van der Waals surface area contributed by atoms with E-state index < -0.39 is 22.9 Å². The van der Waals surface area contributed by atoms with Gasteiger partial charge in [0.05, 0.1) is 24.6 Å². The Bertz CT molecular complexity index is 1150. The van der Waals surface area contributed by atoms with Gasteiger partial charge in [0.1, 0.15) is 0 Å². The fourth-order valence-corrected chi connectivity index (χ4v) is 6.56. The van der Waals surface area contributed by atoms with Crippen LogP contribution in [0.3, 0.4) is 0 Å². The highest BCUT2D eigenvalue weighted by Gasteiger charge is 2.56. The van der Waals surface area contributed by atoms with Crippen molar-refractivity contribution in [2.45, 2.75) is 82.2 Å². The number of carbonyl (C=O) groups excluding carboxylic acids is 3. The predicted octanol–water partition coefficient (Wildman–Crippen LogP) is 3.79. The Balaban J connectivity index is 1.70. The molecule has 0 bridgehead atoms. The van der Waals surface area contributed by atoms with Gasteiger partial charge in [-0.2, -0.15) is 0 Å². The van der Waals surface area contributed by atoms with Crippen molar-refractivity contribution in [3.05, 3.63) is 71.3 Å². The third-order valence-corrected chi connectivity index (χ3v) is 8.42. The molecule has 4 rings (SSSR count). The summed E-state index contributed by atoms with van der Waals surface area (Å²) in [6.45, 7) is 6.99. The van der Waals surface area contributed by atoms with Crippen molar-refractivity contribution in [3.8, 4) is 0 Å². The minimum Gasteiger partial charge on any atom is -0.466 e. The van der Waals surface area contributed by atoms with Crippen molar-refractivity contribution in [1.29, 1.82) is 0 Å². The molecule has 2 aromatic carbocycles. The molecule has 0 unspecified atom stereocenters. The number of piperidine rings is 1. The molecule has 2 aromatic rings. The number of nitrogens with one attached hydrogen (secondary N) is 2. The maximum Gasteiger partial charge on any atom is 0.306 e. The van der Waals surface area contributed by atoms with Gasteiger partial charge in [-0.1, -0.05) is 54.6 Å². The van der Waals surface area contributed by atoms with E-state index in [0.29, 0.717) is 13.0 Å². The first-order valence-electron chi connectivity index (χ1n) is 14.3. The van der Waals surface area contributed by atoms with Crippen LogP contribution >= 0.6 is 0 Å². The summed E-state index contributed by atoms with van der Waals surface area (Å²) >= 11 is 0. The molecule has 1 fully saturated rings. The maximum absolute atomic E-state index is 14.7. The van der Waals surface area contributed by atoms with Crippen molar-refractivity contribution in [2.75, 3.05) is 19.7 Å². The molecule has 1 amide bonds. The zero-order valence-electron chi connectivity index (χ0n) is 23.5. The van der Waals surface area contributed by atoms with Crippen molar-refractivity contribution in [1.82, 2.24) is 10.6 Å². The maximum atomic E-state index is 14.7. The van der Waals surface area contributed by atoms with E-state index in [1.807, 2.05) is 30.3 Å². The minimum atomic E-state index is -1.12. The van der Waals surface area contributed by atoms with Gasteiger partial charge in [-0.05, 0) is 82.7 Å². The summed E-state index contributed by atoms with van der Waals surface area (Å²) in [4.78, 5) is 40.6. The topological polar surface area (TPSA) is 111 Å². The number of rotatable bonds is 11. The van der Waals surface area contributed by atoms with Crippen LogP contribution in [0.2, 0.25) is 0 Å². The quantitative estimate of drug-likeness (QED) is 0.379. The van der Waals surface area contributed by atoms with Gasteiger partial charge in [-0.3, -0.25) is 14.4 Å². The monoisotopic (exact) mass is 533 g/mol. The first kappa shape index (κ1) is 29.0. The van der Waals surface area contributed by atoms with E-state index in [1.165, 1.54) is 5.56 Å². The summed E-state index contributed by atoms with van der Waals surface area (Å²) in [5.74, 6) is -1.39. The molecule has 0 aromatic heterocycles. The van der Waals surface area contributed by atoms with Crippen LogP contribution in [0.15, 0.2) is 54.6 Å². The molecule has 210 valence electrons. The van der Waals surface area contributed by atoms with Gasteiger partial charge in [-0.25, -0.2) is 0 Å². The molecule has 1 spiro atoms. The second-order valence-electron chi connectivity index (χ2n) is 11.6. The fourth-order valence-electron chi connectivity index (χ4n) is 6.56. The summed E-state index contributed by atoms with van der Waals surface area (Å²) in [6, 6.07) is 17.6. The standard InChI is InChI=1S/C32H43N3O4/c1-4-39-27(36)21-24-23-14-8-9-15-25(23)32(17-19-34-20-18-32)28(24)29(37)26(35-30(38)31(2,3)33)16-10-13-22-11-6-5-7-12-22/h5-9,11-12,14-15,24,26,28,34H,4,10,13,16-21,33H2,1-3H3,(H,35,38)/t24-,26+,28-/m0/s1. The van der Waals surface area contributed by atoms with Crippen molar-refractivity contribution >= 4 is 17.7 Å². The number of benzene rings is 2. The number of aryl methyl sites for hydroxylation is 1. The number of hydrogen-bond acceptors (Lipinski definition) is 6. The van der Waals surface area contributed by atoms with E-state index in [9.17, 15) is 14.4 Å². The third-order valence-electron chi connectivity index (χ3n) is 8.42. The molecule has 0 saturated carbocycles. The number of Topliss-reactive ketones (excluding diaryl/α,β-unsaturated/α-hetero) is 1. The minimum absolute atomic E-state index is 0.00643. The van der Waals surface area contributed by atoms with Crippen molar-refractivity contribution in [3.63, 3.8) is 0 Å². The average Bonchev–Trinajstić information content (AvgIpc) is 3.16. The lowest BCUT2D eigenvalue weighted by atomic mass is 9.64. The molecule has 2 aliphatic rings. The molecule has 1 aliphatic carbocycles. The van der Waals surface area contributed by atoms with Gasteiger partial charge in [0, 0.05) is 17.3 Å². The lowest BCUT2D eigenvalue weighted by Gasteiger charge is -2.42. The Labute approximate surface area is 232 Å². The largest absolute Gasteiger partial charge is 0.466 e. The number of nitrogens with two attached hydrogens (primary N) is 1. The van der Waals surface area contributed by atoms with Crippen LogP contribution in [0.4, 0.5) is 0 Å². The third kappa shape index (κ3) is 6.42. The molecule has 1 heterocycles. The van der Waals surface area contributed by atoms with Gasteiger partial charge in [0.2, 0.25) is 5.91 Å². The number of ether oxygens (including phenoxy) is 1. The van der Waals surface area contributed by atoms with E-state index >= 15 is 0 Å². The summed E-state index contributed by atoms with van der Waals surface area (Å²) in [5.41, 5.74) is 8.04. The van der Waals surface area contributed by atoms with Crippen LogP contribution in [0, 0.1) is 5.92 Å². The normalized spacial score (nSPS) is 20.7. The summed E-state index contributed by atoms with van der Waals surface area (Å²) in [7, 11) is 0. The Morgan fingerprint density at radius 2 is 1.74 bits per heavy atom. The van der Waals surface area contributed by atoms with Crippen LogP contribution in [-0.4, -0.2) is 48.9 Å². The van der Waals surface area contributed by atoms with Gasteiger partial charge >= 0.3 is 5.97 Å². The van der Waals surface area contributed by atoms with Gasteiger partial charge < -0.3 is 21.1 Å². The number of esters is 1. The molecule has 3 atom stereocenters. The van der Waals surface area contributed by atoms with Crippen LogP contribution in [-0.2, 0) is 31.0 Å². The predicted molar refractivity (Wildman–Crippen MR) is 152 cm³/mol. The van der Waals surface area contributed by atoms with Crippen LogP contribution in [0.5, 0.6) is 0 Å². The smallest absolute Gasteiger partial charge is 0.306 e. The lowest BCUT2D eigenvalue weighted by molar-refractivity contribution is -0.144. The van der Waals surface area contributed by atoms with E-state index in [1.54, 1.807) is 20.8 Å². The molecular formula is C32H43N3O4. The summed E-state index contributed by atoms with van der Waals surface area (Å²) in [5, 5.41) is 6.47. The molecule has 4 N–H and O–H groups in total. The number of amides is 1. The Kier molecular flexibility index (Phi) is 9.23. The first-order chi connectivity index (χ1) is 18.7. The van der Waals surface area contributed by atoms with Crippen molar-refractivity contribution in [2.24, 2.45) is 11.7 Å². The number of ketones is 1.